The molecule has 2 aromatic carbocycles. The minimum atomic E-state index is -0.0259. The lowest BCUT2D eigenvalue weighted by atomic mass is 9.92. The Labute approximate surface area is 144 Å². The van der Waals surface area contributed by atoms with Crippen molar-refractivity contribution < 1.29 is 4.79 Å². The largest absolute Gasteiger partial charge is 0.355 e. The summed E-state index contributed by atoms with van der Waals surface area (Å²) in [6, 6.07) is 18.9. The van der Waals surface area contributed by atoms with Crippen molar-refractivity contribution in [1.29, 1.82) is 0 Å². The molecule has 24 heavy (non-hydrogen) atoms. The van der Waals surface area contributed by atoms with Crippen molar-refractivity contribution in [3.63, 3.8) is 0 Å². The summed E-state index contributed by atoms with van der Waals surface area (Å²) in [5.41, 5.74) is 3.48. The van der Waals surface area contributed by atoms with E-state index in [1.807, 2.05) is 12.1 Å². The molecule has 1 N–H and O–H groups in total. The van der Waals surface area contributed by atoms with Crippen molar-refractivity contribution in [1.82, 2.24) is 10.2 Å². The molecule has 0 saturated carbocycles. The summed E-state index contributed by atoms with van der Waals surface area (Å²) in [5.74, 6) is 0.661. The Kier molecular flexibility index (Phi) is 5.65. The molecule has 1 fully saturated rings. The predicted octanol–water partition coefficient (Wildman–Crippen LogP) is 3.82. The third kappa shape index (κ3) is 4.24. The second-order valence-corrected chi connectivity index (χ2v) is 6.59. The minimum Gasteiger partial charge on any atom is -0.355 e. The van der Waals surface area contributed by atoms with E-state index < -0.39 is 0 Å². The molecule has 1 amide bonds. The Hall–Kier alpha value is -2.13. The lowest BCUT2D eigenvalue weighted by Gasteiger charge is -2.20. The van der Waals surface area contributed by atoms with E-state index in [1.54, 1.807) is 7.05 Å². The minimum absolute atomic E-state index is 0.0259. The summed E-state index contributed by atoms with van der Waals surface area (Å²) >= 11 is 0. The highest BCUT2D eigenvalue weighted by molar-refractivity contribution is 5.93. The Balaban J connectivity index is 1.57. The molecular formula is C21H26N2O. The summed E-state index contributed by atoms with van der Waals surface area (Å²) in [6.45, 7) is 3.26. The van der Waals surface area contributed by atoms with Gasteiger partial charge in [0, 0.05) is 19.2 Å². The summed E-state index contributed by atoms with van der Waals surface area (Å²) < 4.78 is 0. The zero-order chi connectivity index (χ0) is 16.8. The Morgan fingerprint density at radius 2 is 1.79 bits per heavy atom. The fourth-order valence-corrected chi connectivity index (χ4v) is 3.54. The monoisotopic (exact) mass is 322 g/mol. The van der Waals surface area contributed by atoms with Gasteiger partial charge in [0.2, 0.25) is 0 Å². The first-order valence-corrected chi connectivity index (χ1v) is 8.84. The van der Waals surface area contributed by atoms with Crippen LogP contribution in [0.4, 0.5) is 0 Å². The molecule has 0 radical (unpaired) electrons. The summed E-state index contributed by atoms with van der Waals surface area (Å²) in [5, 5.41) is 2.66. The van der Waals surface area contributed by atoms with Crippen LogP contribution in [0.1, 0.15) is 46.7 Å². The van der Waals surface area contributed by atoms with Crippen molar-refractivity contribution in [2.75, 3.05) is 20.1 Å². The molecule has 3 nitrogen and oxygen atoms in total. The van der Waals surface area contributed by atoms with Crippen molar-refractivity contribution in [2.24, 2.45) is 0 Å². The lowest BCUT2D eigenvalue weighted by Crippen LogP contribution is -2.24. The van der Waals surface area contributed by atoms with E-state index in [0.717, 1.165) is 25.2 Å². The number of nitrogens with zero attached hydrogens (tertiary/aromatic N) is 1. The zero-order valence-corrected chi connectivity index (χ0v) is 14.4. The summed E-state index contributed by atoms with van der Waals surface area (Å²) in [7, 11) is 1.66. The van der Waals surface area contributed by atoms with Crippen LogP contribution in [0.5, 0.6) is 0 Å². The molecule has 3 heteroatoms. The molecule has 3 rings (SSSR count). The van der Waals surface area contributed by atoms with Crippen LogP contribution in [0.15, 0.2) is 54.6 Å². The molecule has 1 heterocycles. The number of rotatable bonds is 4. The average Bonchev–Trinajstić information content (AvgIpc) is 2.88. The van der Waals surface area contributed by atoms with Crippen LogP contribution in [0.3, 0.4) is 0 Å². The molecule has 0 unspecified atom stereocenters. The van der Waals surface area contributed by atoms with Gasteiger partial charge >= 0.3 is 0 Å². The highest BCUT2D eigenvalue weighted by atomic mass is 16.1. The number of nitrogens with one attached hydrogen (secondary N) is 1. The average molecular weight is 322 g/mol. The van der Waals surface area contributed by atoms with Gasteiger partial charge in [0.25, 0.3) is 5.91 Å². The Morgan fingerprint density at radius 1 is 1.04 bits per heavy atom. The standard InChI is InChI=1S/C21H26N2O/c1-22-21(24)20-11-9-17(10-12-20)16-23-14-5-8-19(13-15-23)18-6-3-2-4-7-18/h2-4,6-7,9-12,19H,5,8,13-16H2,1H3,(H,22,24)/t19-/m1/s1. The van der Waals surface area contributed by atoms with Crippen molar-refractivity contribution in [2.45, 2.75) is 31.7 Å². The van der Waals surface area contributed by atoms with E-state index in [2.05, 4.69) is 52.7 Å². The van der Waals surface area contributed by atoms with Crippen molar-refractivity contribution in [3.8, 4) is 0 Å². The van der Waals surface area contributed by atoms with Gasteiger partial charge in [-0.25, -0.2) is 0 Å². The van der Waals surface area contributed by atoms with Crippen LogP contribution in [0.25, 0.3) is 0 Å². The summed E-state index contributed by atoms with van der Waals surface area (Å²) in [6.07, 6.45) is 3.74. The fraction of sp³-hybridized carbons (Fsp3) is 0.381. The van der Waals surface area contributed by atoms with E-state index in [9.17, 15) is 4.79 Å². The van der Waals surface area contributed by atoms with Gasteiger partial charge in [0.05, 0.1) is 0 Å². The molecule has 1 atom stereocenters. The SMILES string of the molecule is CNC(=O)c1ccc(CN2CCC[C@@H](c3ccccc3)CC2)cc1. The highest BCUT2D eigenvalue weighted by Gasteiger charge is 2.18. The third-order valence-corrected chi connectivity index (χ3v) is 4.94. The van der Waals surface area contributed by atoms with Gasteiger partial charge < -0.3 is 5.32 Å². The topological polar surface area (TPSA) is 32.3 Å². The number of benzene rings is 2. The molecule has 0 spiro atoms. The smallest absolute Gasteiger partial charge is 0.251 e. The van der Waals surface area contributed by atoms with Crippen molar-refractivity contribution >= 4 is 5.91 Å². The molecular weight excluding hydrogens is 296 g/mol. The maximum Gasteiger partial charge on any atom is 0.251 e. The number of carbonyl (C=O) groups is 1. The number of hydrogen-bond acceptors (Lipinski definition) is 2. The van der Waals surface area contributed by atoms with Gasteiger partial charge in [-0.3, -0.25) is 9.69 Å². The van der Waals surface area contributed by atoms with Gasteiger partial charge in [-0.15, -0.1) is 0 Å². The normalized spacial score (nSPS) is 18.8. The van der Waals surface area contributed by atoms with Gasteiger partial charge in [-0.05, 0) is 61.5 Å². The summed E-state index contributed by atoms with van der Waals surface area (Å²) in [4.78, 5) is 14.1. The van der Waals surface area contributed by atoms with E-state index in [0.29, 0.717) is 5.92 Å². The quantitative estimate of drug-likeness (QED) is 0.928. The van der Waals surface area contributed by atoms with E-state index in [4.69, 9.17) is 0 Å². The maximum atomic E-state index is 11.6. The second-order valence-electron chi connectivity index (χ2n) is 6.59. The van der Waals surface area contributed by atoms with Crippen LogP contribution < -0.4 is 5.32 Å². The number of amides is 1. The van der Waals surface area contributed by atoms with Crippen LogP contribution in [-0.2, 0) is 6.54 Å². The maximum absolute atomic E-state index is 11.6. The van der Waals surface area contributed by atoms with Crippen molar-refractivity contribution in [3.05, 3.63) is 71.3 Å². The van der Waals surface area contributed by atoms with Crippen LogP contribution >= 0.6 is 0 Å². The molecule has 2 aromatic rings. The predicted molar refractivity (Wildman–Crippen MR) is 98.1 cm³/mol. The van der Waals surface area contributed by atoms with Gasteiger partial charge in [0.1, 0.15) is 0 Å². The first kappa shape index (κ1) is 16.7. The van der Waals surface area contributed by atoms with Crippen LogP contribution in [0, 0.1) is 0 Å². The van der Waals surface area contributed by atoms with Crippen LogP contribution in [0.2, 0.25) is 0 Å². The number of likely N-dealkylation sites (tertiary alicyclic amines) is 1. The van der Waals surface area contributed by atoms with E-state index in [1.165, 1.54) is 30.4 Å². The first-order valence-electron chi connectivity index (χ1n) is 8.84. The Bertz CT molecular complexity index is 651. The molecule has 1 saturated heterocycles. The highest BCUT2D eigenvalue weighted by Crippen LogP contribution is 2.28. The molecule has 0 aliphatic carbocycles. The van der Waals surface area contributed by atoms with E-state index >= 15 is 0 Å². The molecule has 1 aliphatic rings. The fourth-order valence-electron chi connectivity index (χ4n) is 3.54. The number of hydrogen-bond donors (Lipinski definition) is 1. The third-order valence-electron chi connectivity index (χ3n) is 4.94. The lowest BCUT2D eigenvalue weighted by molar-refractivity contribution is 0.0963. The molecule has 0 aromatic heterocycles. The Morgan fingerprint density at radius 3 is 2.50 bits per heavy atom. The van der Waals surface area contributed by atoms with Crippen LogP contribution in [-0.4, -0.2) is 30.9 Å². The first-order chi connectivity index (χ1) is 11.8. The molecule has 1 aliphatic heterocycles. The van der Waals surface area contributed by atoms with E-state index in [-0.39, 0.29) is 5.91 Å². The van der Waals surface area contributed by atoms with Gasteiger partial charge in [-0.2, -0.15) is 0 Å². The number of carbonyl (C=O) groups excluding carboxylic acids is 1. The molecule has 126 valence electrons. The second kappa shape index (κ2) is 8.11. The van der Waals surface area contributed by atoms with Gasteiger partial charge in [0.15, 0.2) is 0 Å². The van der Waals surface area contributed by atoms with Gasteiger partial charge in [-0.1, -0.05) is 42.5 Å². The zero-order valence-electron chi connectivity index (χ0n) is 14.4. The molecule has 0 bridgehead atoms.